The SMILES string of the molecule is COC(=O)c1cc(C)ccc1NC(=O)c1cccc(F)n1. The van der Waals surface area contributed by atoms with Crippen LogP contribution in [0.4, 0.5) is 10.1 Å². The van der Waals surface area contributed by atoms with Gasteiger partial charge in [0.15, 0.2) is 0 Å². The molecule has 0 atom stereocenters. The molecule has 0 aliphatic rings. The molecule has 0 radical (unpaired) electrons. The molecule has 21 heavy (non-hydrogen) atoms. The third kappa shape index (κ3) is 3.42. The molecule has 0 fully saturated rings. The van der Waals surface area contributed by atoms with Crippen LogP contribution >= 0.6 is 0 Å². The number of ether oxygens (including phenoxy) is 1. The number of rotatable bonds is 3. The minimum Gasteiger partial charge on any atom is -0.465 e. The van der Waals surface area contributed by atoms with Gasteiger partial charge in [-0.15, -0.1) is 0 Å². The van der Waals surface area contributed by atoms with Crippen LogP contribution in [0.15, 0.2) is 36.4 Å². The molecule has 0 saturated heterocycles. The number of carbonyl (C=O) groups is 2. The third-order valence-corrected chi connectivity index (χ3v) is 2.78. The highest BCUT2D eigenvalue weighted by molar-refractivity contribution is 6.07. The monoisotopic (exact) mass is 288 g/mol. The van der Waals surface area contributed by atoms with Crippen molar-refractivity contribution in [2.75, 3.05) is 12.4 Å². The van der Waals surface area contributed by atoms with Gasteiger partial charge in [0.1, 0.15) is 5.69 Å². The van der Waals surface area contributed by atoms with Gasteiger partial charge in [-0.1, -0.05) is 17.7 Å². The molecule has 1 aromatic carbocycles. The summed E-state index contributed by atoms with van der Waals surface area (Å²) in [4.78, 5) is 27.2. The lowest BCUT2D eigenvalue weighted by molar-refractivity contribution is 0.0602. The zero-order valence-corrected chi connectivity index (χ0v) is 11.5. The molecule has 1 amide bonds. The van der Waals surface area contributed by atoms with Crippen molar-refractivity contribution in [2.45, 2.75) is 6.92 Å². The topological polar surface area (TPSA) is 68.3 Å². The number of carbonyl (C=O) groups excluding carboxylic acids is 2. The Morgan fingerprint density at radius 2 is 2.00 bits per heavy atom. The lowest BCUT2D eigenvalue weighted by Crippen LogP contribution is -2.17. The summed E-state index contributed by atoms with van der Waals surface area (Å²) in [6.45, 7) is 1.81. The number of amides is 1. The summed E-state index contributed by atoms with van der Waals surface area (Å²) < 4.78 is 17.7. The molecule has 0 aliphatic carbocycles. The zero-order valence-electron chi connectivity index (χ0n) is 11.5. The normalized spacial score (nSPS) is 10.0. The molecular weight excluding hydrogens is 275 g/mol. The first-order valence-electron chi connectivity index (χ1n) is 6.14. The quantitative estimate of drug-likeness (QED) is 0.696. The predicted octanol–water partition coefficient (Wildman–Crippen LogP) is 2.57. The van der Waals surface area contributed by atoms with E-state index in [0.29, 0.717) is 0 Å². The van der Waals surface area contributed by atoms with E-state index in [1.54, 1.807) is 18.2 Å². The molecule has 5 nitrogen and oxygen atoms in total. The van der Waals surface area contributed by atoms with E-state index in [0.717, 1.165) is 11.6 Å². The van der Waals surface area contributed by atoms with E-state index >= 15 is 0 Å². The predicted molar refractivity (Wildman–Crippen MR) is 74.7 cm³/mol. The summed E-state index contributed by atoms with van der Waals surface area (Å²) in [5.74, 6) is -1.93. The number of nitrogens with one attached hydrogen (secondary N) is 1. The van der Waals surface area contributed by atoms with Crippen LogP contribution in [-0.2, 0) is 4.74 Å². The van der Waals surface area contributed by atoms with E-state index in [2.05, 4.69) is 15.0 Å². The third-order valence-electron chi connectivity index (χ3n) is 2.78. The Kier molecular flexibility index (Phi) is 4.27. The molecule has 0 aliphatic heterocycles. The van der Waals surface area contributed by atoms with Gasteiger partial charge < -0.3 is 10.1 Å². The summed E-state index contributed by atoms with van der Waals surface area (Å²) in [6.07, 6.45) is 0. The van der Waals surface area contributed by atoms with Crippen molar-refractivity contribution in [3.63, 3.8) is 0 Å². The van der Waals surface area contributed by atoms with Gasteiger partial charge in [0, 0.05) is 0 Å². The first-order chi connectivity index (χ1) is 10.0. The first kappa shape index (κ1) is 14.6. The van der Waals surface area contributed by atoms with Crippen molar-refractivity contribution in [3.8, 4) is 0 Å². The second kappa shape index (κ2) is 6.13. The van der Waals surface area contributed by atoms with Crippen LogP contribution < -0.4 is 5.32 Å². The van der Waals surface area contributed by atoms with Crippen molar-refractivity contribution < 1.29 is 18.7 Å². The number of pyridine rings is 1. The minimum absolute atomic E-state index is 0.0774. The molecule has 1 aromatic heterocycles. The minimum atomic E-state index is -0.750. The van der Waals surface area contributed by atoms with E-state index in [9.17, 15) is 14.0 Å². The zero-order chi connectivity index (χ0) is 15.4. The van der Waals surface area contributed by atoms with E-state index in [-0.39, 0.29) is 16.9 Å². The van der Waals surface area contributed by atoms with Gasteiger partial charge in [-0.25, -0.2) is 9.78 Å². The summed E-state index contributed by atoms with van der Waals surface area (Å²) in [5.41, 5.74) is 1.27. The highest BCUT2D eigenvalue weighted by atomic mass is 19.1. The Morgan fingerprint density at radius 3 is 2.67 bits per heavy atom. The fourth-order valence-electron chi connectivity index (χ4n) is 1.77. The van der Waals surface area contributed by atoms with E-state index < -0.39 is 17.8 Å². The lowest BCUT2D eigenvalue weighted by Gasteiger charge is -2.10. The average molecular weight is 288 g/mol. The van der Waals surface area contributed by atoms with Crippen LogP contribution in [0.5, 0.6) is 0 Å². The van der Waals surface area contributed by atoms with Gasteiger partial charge in [-0.05, 0) is 31.2 Å². The van der Waals surface area contributed by atoms with Gasteiger partial charge in [0.2, 0.25) is 5.95 Å². The van der Waals surface area contributed by atoms with Crippen LogP contribution in [-0.4, -0.2) is 24.0 Å². The number of benzene rings is 1. The maximum Gasteiger partial charge on any atom is 0.339 e. The number of aromatic nitrogens is 1. The number of esters is 1. The van der Waals surface area contributed by atoms with Crippen LogP contribution in [0.2, 0.25) is 0 Å². The number of halogens is 1. The lowest BCUT2D eigenvalue weighted by atomic mass is 10.1. The van der Waals surface area contributed by atoms with E-state index in [1.807, 2.05) is 6.92 Å². The van der Waals surface area contributed by atoms with Gasteiger partial charge >= 0.3 is 5.97 Å². The van der Waals surface area contributed by atoms with Crippen LogP contribution in [0.1, 0.15) is 26.4 Å². The highest BCUT2D eigenvalue weighted by Crippen LogP contribution is 2.19. The van der Waals surface area contributed by atoms with Crippen molar-refractivity contribution in [1.29, 1.82) is 0 Å². The van der Waals surface area contributed by atoms with Crippen molar-refractivity contribution in [1.82, 2.24) is 4.98 Å². The molecule has 6 heteroatoms. The molecule has 0 unspecified atom stereocenters. The van der Waals surface area contributed by atoms with Gasteiger partial charge in [-0.3, -0.25) is 4.79 Å². The first-order valence-corrected chi connectivity index (χ1v) is 6.14. The van der Waals surface area contributed by atoms with Crippen LogP contribution in [0.25, 0.3) is 0 Å². The molecular formula is C15H13FN2O3. The second-order valence-corrected chi connectivity index (χ2v) is 4.34. The number of aryl methyl sites for hydroxylation is 1. The smallest absolute Gasteiger partial charge is 0.339 e. The molecule has 108 valence electrons. The van der Waals surface area contributed by atoms with Crippen molar-refractivity contribution in [2.24, 2.45) is 0 Å². The number of hydrogen-bond acceptors (Lipinski definition) is 4. The van der Waals surface area contributed by atoms with E-state index in [4.69, 9.17) is 0 Å². The van der Waals surface area contributed by atoms with Crippen LogP contribution in [0, 0.1) is 12.9 Å². The Bertz CT molecular complexity index is 701. The van der Waals surface area contributed by atoms with E-state index in [1.165, 1.54) is 19.2 Å². The van der Waals surface area contributed by atoms with Gasteiger partial charge in [0.25, 0.3) is 5.91 Å². The number of anilines is 1. The Morgan fingerprint density at radius 1 is 1.24 bits per heavy atom. The Hall–Kier alpha value is -2.76. The van der Waals surface area contributed by atoms with Crippen LogP contribution in [0.3, 0.4) is 0 Å². The van der Waals surface area contributed by atoms with Gasteiger partial charge in [-0.2, -0.15) is 4.39 Å². The summed E-state index contributed by atoms with van der Waals surface area (Å²) in [7, 11) is 1.25. The second-order valence-electron chi connectivity index (χ2n) is 4.34. The largest absolute Gasteiger partial charge is 0.465 e. The molecule has 0 spiro atoms. The fourth-order valence-corrected chi connectivity index (χ4v) is 1.77. The molecule has 0 bridgehead atoms. The molecule has 1 heterocycles. The fraction of sp³-hybridized carbons (Fsp3) is 0.133. The van der Waals surface area contributed by atoms with Gasteiger partial charge in [0.05, 0.1) is 18.4 Å². The van der Waals surface area contributed by atoms with Crippen molar-refractivity contribution >= 4 is 17.6 Å². The molecule has 0 saturated carbocycles. The Balaban J connectivity index is 2.31. The molecule has 2 aromatic rings. The maximum atomic E-state index is 13.0. The standard InChI is InChI=1S/C15H13FN2O3/c1-9-6-7-11(10(8-9)15(20)21-2)18-14(19)12-4-3-5-13(16)17-12/h3-8H,1-2H3,(H,18,19). The number of hydrogen-bond donors (Lipinski definition) is 1. The summed E-state index contributed by atoms with van der Waals surface area (Å²) in [6, 6.07) is 8.82. The molecule has 2 rings (SSSR count). The van der Waals surface area contributed by atoms with Crippen molar-refractivity contribution in [3.05, 3.63) is 59.2 Å². The highest BCUT2D eigenvalue weighted by Gasteiger charge is 2.16. The molecule has 1 N–H and O–H groups in total. The Labute approximate surface area is 120 Å². The summed E-state index contributed by atoms with van der Waals surface area (Å²) in [5, 5.41) is 2.53. The average Bonchev–Trinajstić information content (AvgIpc) is 2.48. The summed E-state index contributed by atoms with van der Waals surface area (Å²) >= 11 is 0. The number of nitrogens with zero attached hydrogens (tertiary/aromatic N) is 1. The number of methoxy groups -OCH3 is 1. The maximum absolute atomic E-state index is 13.0.